The van der Waals surface area contributed by atoms with Crippen LogP contribution < -0.4 is 11.1 Å². The molecule has 1 aliphatic heterocycles. The van der Waals surface area contributed by atoms with Gasteiger partial charge in [-0.25, -0.2) is 0 Å². The molecule has 3 rings (SSSR count). The highest BCUT2D eigenvalue weighted by Gasteiger charge is 2.41. The summed E-state index contributed by atoms with van der Waals surface area (Å²) in [4.78, 5) is 12.9. The molecule has 1 aliphatic carbocycles. The number of carbonyl (C=O) groups excluding carboxylic acids is 1. The highest BCUT2D eigenvalue weighted by molar-refractivity contribution is 5.85. The Morgan fingerprint density at radius 2 is 1.92 bits per heavy atom. The average Bonchev–Trinajstić information content (AvgIpc) is 2.58. The number of hydrogen-bond acceptors (Lipinski definition) is 3. The van der Waals surface area contributed by atoms with Crippen molar-refractivity contribution < 1.29 is 9.53 Å². The van der Waals surface area contributed by atoms with E-state index in [4.69, 9.17) is 10.5 Å². The molecule has 1 aromatic rings. The SMILES string of the molecule is CC1(C)CCC(NC(=O)C2(CN)CCOCC2)c2ccccc21.Cl. The van der Waals surface area contributed by atoms with Crippen LogP contribution in [0, 0.1) is 5.41 Å². The lowest BCUT2D eigenvalue weighted by molar-refractivity contribution is -0.136. The van der Waals surface area contributed by atoms with Gasteiger partial charge in [0, 0.05) is 19.8 Å². The fourth-order valence-electron chi connectivity index (χ4n) is 3.96. The summed E-state index contributed by atoms with van der Waals surface area (Å²) in [5, 5.41) is 3.30. The van der Waals surface area contributed by atoms with E-state index in [9.17, 15) is 4.79 Å². The normalized spacial score (nSPS) is 24.4. The zero-order valence-electron chi connectivity index (χ0n) is 14.6. The van der Waals surface area contributed by atoms with Crippen LogP contribution in [0.4, 0.5) is 0 Å². The Hall–Kier alpha value is -1.10. The van der Waals surface area contributed by atoms with E-state index in [1.54, 1.807) is 0 Å². The molecule has 0 spiro atoms. The highest BCUT2D eigenvalue weighted by Crippen LogP contribution is 2.42. The largest absolute Gasteiger partial charge is 0.381 e. The Balaban J connectivity index is 0.00000208. The van der Waals surface area contributed by atoms with E-state index in [2.05, 4.69) is 43.4 Å². The van der Waals surface area contributed by atoms with Crippen LogP contribution in [0.25, 0.3) is 0 Å². The number of fused-ring (bicyclic) bond motifs is 1. The van der Waals surface area contributed by atoms with Gasteiger partial charge in [0.1, 0.15) is 0 Å². The van der Waals surface area contributed by atoms with Gasteiger partial charge in [0.2, 0.25) is 5.91 Å². The molecular weight excluding hydrogens is 324 g/mol. The molecule has 1 saturated heterocycles. The zero-order chi connectivity index (χ0) is 16.5. The number of nitrogens with one attached hydrogen (secondary N) is 1. The first-order valence-electron chi connectivity index (χ1n) is 8.67. The van der Waals surface area contributed by atoms with Crippen LogP contribution in [0.5, 0.6) is 0 Å². The summed E-state index contributed by atoms with van der Waals surface area (Å²) in [6.45, 7) is 6.20. The maximum Gasteiger partial charge on any atom is 0.228 e. The lowest BCUT2D eigenvalue weighted by atomic mass is 9.70. The molecule has 1 unspecified atom stereocenters. The van der Waals surface area contributed by atoms with Crippen molar-refractivity contribution >= 4 is 18.3 Å². The van der Waals surface area contributed by atoms with Crippen LogP contribution in [0.2, 0.25) is 0 Å². The molecule has 5 heteroatoms. The molecule has 1 aromatic carbocycles. The summed E-state index contributed by atoms with van der Waals surface area (Å²) < 4.78 is 5.41. The Labute approximate surface area is 150 Å². The summed E-state index contributed by atoms with van der Waals surface area (Å²) in [5.74, 6) is 0.0998. The van der Waals surface area contributed by atoms with Crippen LogP contribution in [0.3, 0.4) is 0 Å². The van der Waals surface area contributed by atoms with Crippen LogP contribution in [0.1, 0.15) is 56.7 Å². The number of hydrogen-bond donors (Lipinski definition) is 2. The van der Waals surface area contributed by atoms with Gasteiger partial charge in [-0.15, -0.1) is 12.4 Å². The van der Waals surface area contributed by atoms with Gasteiger partial charge in [-0.3, -0.25) is 4.79 Å². The molecule has 0 bridgehead atoms. The number of carbonyl (C=O) groups is 1. The van der Waals surface area contributed by atoms with E-state index in [1.807, 2.05) is 0 Å². The van der Waals surface area contributed by atoms with Crippen molar-refractivity contribution in [2.75, 3.05) is 19.8 Å². The molecular formula is C19H29ClN2O2. The lowest BCUT2D eigenvalue weighted by Gasteiger charge is -2.40. The van der Waals surface area contributed by atoms with E-state index >= 15 is 0 Å². The molecule has 1 fully saturated rings. The van der Waals surface area contributed by atoms with Crippen molar-refractivity contribution in [1.82, 2.24) is 5.32 Å². The first kappa shape index (κ1) is 19.2. The second-order valence-electron chi connectivity index (χ2n) is 7.63. The summed E-state index contributed by atoms with van der Waals surface area (Å²) in [6.07, 6.45) is 3.49. The van der Waals surface area contributed by atoms with Crippen LogP contribution >= 0.6 is 12.4 Å². The molecule has 3 N–H and O–H groups in total. The van der Waals surface area contributed by atoms with E-state index in [-0.39, 0.29) is 29.8 Å². The number of halogens is 1. The standard InChI is InChI=1S/C19H28N2O2.ClH/c1-18(2)8-7-16(14-5-3-4-6-15(14)18)21-17(22)19(13-20)9-11-23-12-10-19;/h3-6,16H,7-13,20H2,1-2H3,(H,21,22);1H. The quantitative estimate of drug-likeness (QED) is 0.878. The van der Waals surface area contributed by atoms with Gasteiger partial charge in [-0.2, -0.15) is 0 Å². The first-order valence-corrected chi connectivity index (χ1v) is 8.67. The maximum atomic E-state index is 12.9. The summed E-state index contributed by atoms with van der Waals surface area (Å²) in [6, 6.07) is 8.59. The van der Waals surface area contributed by atoms with Crippen molar-refractivity contribution in [2.45, 2.75) is 51.0 Å². The first-order chi connectivity index (χ1) is 11.0. The summed E-state index contributed by atoms with van der Waals surface area (Å²) in [5.41, 5.74) is 8.29. The van der Waals surface area contributed by atoms with Crippen molar-refractivity contribution in [3.8, 4) is 0 Å². The molecule has 0 saturated carbocycles. The minimum Gasteiger partial charge on any atom is -0.381 e. The van der Waals surface area contributed by atoms with Crippen molar-refractivity contribution in [3.05, 3.63) is 35.4 Å². The van der Waals surface area contributed by atoms with E-state index < -0.39 is 5.41 Å². The fraction of sp³-hybridized carbons (Fsp3) is 0.632. The fourth-order valence-corrected chi connectivity index (χ4v) is 3.96. The van der Waals surface area contributed by atoms with Crippen molar-refractivity contribution in [1.29, 1.82) is 0 Å². The van der Waals surface area contributed by atoms with Gasteiger partial charge in [-0.05, 0) is 42.2 Å². The molecule has 2 aliphatic rings. The van der Waals surface area contributed by atoms with Crippen molar-refractivity contribution in [2.24, 2.45) is 11.1 Å². The van der Waals surface area contributed by atoms with Crippen molar-refractivity contribution in [3.63, 3.8) is 0 Å². The molecule has 134 valence electrons. The van der Waals surface area contributed by atoms with Crippen LogP contribution in [-0.2, 0) is 14.9 Å². The third kappa shape index (κ3) is 3.46. The van der Waals surface area contributed by atoms with Gasteiger partial charge in [0.05, 0.1) is 11.5 Å². The molecule has 1 atom stereocenters. The number of rotatable bonds is 3. The number of ether oxygens (including phenoxy) is 1. The predicted molar refractivity (Wildman–Crippen MR) is 98.4 cm³/mol. The Morgan fingerprint density at radius 1 is 1.25 bits per heavy atom. The van der Waals surface area contributed by atoms with E-state index in [0.29, 0.717) is 19.8 Å². The topological polar surface area (TPSA) is 64.4 Å². The third-order valence-corrected chi connectivity index (χ3v) is 5.75. The Morgan fingerprint density at radius 3 is 2.58 bits per heavy atom. The minimum absolute atomic E-state index is 0. The molecule has 0 aromatic heterocycles. The Kier molecular flexibility index (Phi) is 5.95. The molecule has 1 heterocycles. The van der Waals surface area contributed by atoms with Gasteiger partial charge >= 0.3 is 0 Å². The van der Waals surface area contributed by atoms with Gasteiger partial charge in [0.15, 0.2) is 0 Å². The lowest BCUT2D eigenvalue weighted by Crippen LogP contribution is -2.50. The molecule has 4 nitrogen and oxygen atoms in total. The van der Waals surface area contributed by atoms with Crippen LogP contribution in [-0.4, -0.2) is 25.7 Å². The van der Waals surface area contributed by atoms with Gasteiger partial charge in [-0.1, -0.05) is 38.1 Å². The van der Waals surface area contributed by atoms with Crippen LogP contribution in [0.15, 0.2) is 24.3 Å². The van der Waals surface area contributed by atoms with Gasteiger partial charge in [0.25, 0.3) is 0 Å². The average molecular weight is 353 g/mol. The van der Waals surface area contributed by atoms with Gasteiger partial charge < -0.3 is 15.8 Å². The number of benzene rings is 1. The zero-order valence-corrected chi connectivity index (χ0v) is 15.5. The predicted octanol–water partition coefficient (Wildman–Crippen LogP) is 3.09. The smallest absolute Gasteiger partial charge is 0.228 e. The summed E-state index contributed by atoms with van der Waals surface area (Å²) >= 11 is 0. The summed E-state index contributed by atoms with van der Waals surface area (Å²) in [7, 11) is 0. The minimum atomic E-state index is -0.458. The number of nitrogens with two attached hydrogens (primary N) is 1. The van der Waals surface area contributed by atoms with E-state index in [0.717, 1.165) is 25.7 Å². The second kappa shape index (κ2) is 7.42. The Bertz CT molecular complexity index is 582. The second-order valence-corrected chi connectivity index (χ2v) is 7.63. The monoisotopic (exact) mass is 352 g/mol. The maximum absolute atomic E-state index is 12.9. The van der Waals surface area contributed by atoms with E-state index in [1.165, 1.54) is 11.1 Å². The third-order valence-electron chi connectivity index (χ3n) is 5.75. The molecule has 24 heavy (non-hydrogen) atoms. The molecule has 0 radical (unpaired) electrons. The molecule has 1 amide bonds. The number of amides is 1. The highest BCUT2D eigenvalue weighted by atomic mass is 35.5.